The molecule has 1 aliphatic heterocycles. The Morgan fingerprint density at radius 1 is 1.41 bits per heavy atom. The summed E-state index contributed by atoms with van der Waals surface area (Å²) < 4.78 is 1.16. The zero-order chi connectivity index (χ0) is 15.4. The number of carbonyl (C=O) groups is 1. The van der Waals surface area contributed by atoms with E-state index in [-0.39, 0.29) is 19.0 Å². The van der Waals surface area contributed by atoms with Gasteiger partial charge in [0.25, 0.3) is 0 Å². The lowest BCUT2D eigenvalue weighted by atomic mass is 10.0. The average Bonchev–Trinajstić information content (AvgIpc) is 2.44. The molecule has 1 N–H and O–H groups in total. The fourth-order valence-corrected chi connectivity index (χ4v) is 3.33. The van der Waals surface area contributed by atoms with Crippen LogP contribution in [0, 0.1) is 6.92 Å². The minimum Gasteiger partial charge on any atom is -0.480 e. The topological polar surface area (TPSA) is 43.8 Å². The van der Waals surface area contributed by atoms with Crippen LogP contribution >= 0.6 is 28.3 Å². The second kappa shape index (κ2) is 8.87. The summed E-state index contributed by atoms with van der Waals surface area (Å²) in [5.41, 5.74) is 2.67. The molecule has 0 atom stereocenters. The number of halogens is 2. The van der Waals surface area contributed by atoms with Crippen LogP contribution in [0.5, 0.6) is 0 Å². The molecule has 0 unspecified atom stereocenters. The van der Waals surface area contributed by atoms with Gasteiger partial charge in [0.15, 0.2) is 0 Å². The monoisotopic (exact) mass is 390 g/mol. The smallest absolute Gasteiger partial charge is 0.317 e. The molecule has 22 heavy (non-hydrogen) atoms. The summed E-state index contributed by atoms with van der Waals surface area (Å²) in [5.74, 6) is -0.746. The van der Waals surface area contributed by atoms with Gasteiger partial charge >= 0.3 is 5.97 Å². The van der Waals surface area contributed by atoms with Crippen molar-refractivity contribution in [1.82, 2.24) is 9.80 Å². The van der Waals surface area contributed by atoms with Gasteiger partial charge in [-0.15, -0.1) is 12.4 Å². The Balaban J connectivity index is 0.00000242. The van der Waals surface area contributed by atoms with Gasteiger partial charge in [-0.05, 0) is 57.1 Å². The van der Waals surface area contributed by atoms with Crippen LogP contribution in [0.4, 0.5) is 0 Å². The molecule has 0 aromatic heterocycles. The molecule has 0 bridgehead atoms. The van der Waals surface area contributed by atoms with E-state index in [1.165, 1.54) is 11.1 Å². The lowest BCUT2D eigenvalue weighted by molar-refractivity contribution is -0.138. The number of benzene rings is 1. The normalized spacial score (nSPS) is 16.5. The molecule has 6 heteroatoms. The second-order valence-corrected chi connectivity index (χ2v) is 6.69. The molecule has 124 valence electrons. The highest BCUT2D eigenvalue weighted by Crippen LogP contribution is 2.23. The van der Waals surface area contributed by atoms with Gasteiger partial charge in [0.05, 0.1) is 6.54 Å². The van der Waals surface area contributed by atoms with Crippen molar-refractivity contribution in [3.8, 4) is 0 Å². The molecule has 1 heterocycles. The number of likely N-dealkylation sites (N-methyl/N-ethyl adjacent to an activating group) is 1. The minimum atomic E-state index is -0.746. The molecular formula is C16H24BrClN2O2. The number of rotatable bonds is 5. The fraction of sp³-hybridized carbons (Fsp3) is 0.562. The molecule has 1 aliphatic rings. The van der Waals surface area contributed by atoms with E-state index >= 15 is 0 Å². The maximum absolute atomic E-state index is 10.8. The lowest BCUT2D eigenvalue weighted by Gasteiger charge is -2.36. The van der Waals surface area contributed by atoms with Gasteiger partial charge < -0.3 is 5.11 Å². The molecule has 1 aromatic carbocycles. The molecule has 1 saturated heterocycles. The molecule has 0 amide bonds. The highest BCUT2D eigenvalue weighted by molar-refractivity contribution is 9.10. The van der Waals surface area contributed by atoms with Gasteiger partial charge in [-0.2, -0.15) is 0 Å². The van der Waals surface area contributed by atoms with Crippen LogP contribution in [-0.2, 0) is 11.3 Å². The van der Waals surface area contributed by atoms with E-state index in [1.807, 2.05) is 11.9 Å². The number of aliphatic carboxylic acids is 1. The summed E-state index contributed by atoms with van der Waals surface area (Å²) in [6.07, 6.45) is 2.08. The Morgan fingerprint density at radius 2 is 2.05 bits per heavy atom. The van der Waals surface area contributed by atoms with Crippen molar-refractivity contribution in [3.63, 3.8) is 0 Å². The number of carboxylic acids is 1. The zero-order valence-electron chi connectivity index (χ0n) is 13.1. The predicted octanol–water partition coefficient (Wildman–Crippen LogP) is 3.16. The predicted molar refractivity (Wildman–Crippen MR) is 94.7 cm³/mol. The summed E-state index contributed by atoms with van der Waals surface area (Å²) in [5, 5.41) is 8.86. The van der Waals surface area contributed by atoms with Crippen molar-refractivity contribution < 1.29 is 9.90 Å². The van der Waals surface area contributed by atoms with Gasteiger partial charge in [0.1, 0.15) is 0 Å². The van der Waals surface area contributed by atoms with Gasteiger partial charge in [0.2, 0.25) is 0 Å². The average molecular weight is 392 g/mol. The van der Waals surface area contributed by atoms with Crippen LogP contribution in [0.2, 0.25) is 0 Å². The Hall–Kier alpha value is -0.620. The molecule has 0 radical (unpaired) electrons. The summed E-state index contributed by atoms with van der Waals surface area (Å²) in [6, 6.07) is 6.73. The number of hydrogen-bond acceptors (Lipinski definition) is 3. The van der Waals surface area contributed by atoms with E-state index in [1.54, 1.807) is 0 Å². The van der Waals surface area contributed by atoms with Crippen LogP contribution in [0.1, 0.15) is 24.0 Å². The molecule has 1 aromatic rings. The third kappa shape index (κ3) is 5.23. The van der Waals surface area contributed by atoms with Gasteiger partial charge in [-0.1, -0.05) is 28.1 Å². The molecule has 0 saturated carbocycles. The van der Waals surface area contributed by atoms with Crippen molar-refractivity contribution in [2.75, 3.05) is 26.7 Å². The van der Waals surface area contributed by atoms with Crippen molar-refractivity contribution in [2.24, 2.45) is 0 Å². The van der Waals surface area contributed by atoms with E-state index < -0.39 is 5.97 Å². The van der Waals surface area contributed by atoms with Crippen LogP contribution < -0.4 is 0 Å². The fourth-order valence-electron chi connectivity index (χ4n) is 2.92. The minimum absolute atomic E-state index is 0. The van der Waals surface area contributed by atoms with E-state index in [4.69, 9.17) is 5.11 Å². The molecule has 1 fully saturated rings. The zero-order valence-corrected chi connectivity index (χ0v) is 15.5. The first-order valence-electron chi connectivity index (χ1n) is 7.35. The first-order chi connectivity index (χ1) is 9.97. The molecule has 4 nitrogen and oxygen atoms in total. The summed E-state index contributed by atoms with van der Waals surface area (Å²) in [6.45, 7) is 5.31. The molecular weight excluding hydrogens is 368 g/mol. The SMILES string of the molecule is Cc1c(Br)cccc1CN1CCC(N(C)CC(=O)O)CC1.Cl. The van der Waals surface area contributed by atoms with Crippen molar-refractivity contribution in [1.29, 1.82) is 0 Å². The van der Waals surface area contributed by atoms with E-state index in [2.05, 4.69) is 46.0 Å². The van der Waals surface area contributed by atoms with E-state index in [0.29, 0.717) is 6.04 Å². The maximum atomic E-state index is 10.8. The largest absolute Gasteiger partial charge is 0.480 e. The van der Waals surface area contributed by atoms with Crippen molar-refractivity contribution >= 4 is 34.3 Å². The Kier molecular flexibility index (Phi) is 7.83. The summed E-state index contributed by atoms with van der Waals surface area (Å²) in [7, 11) is 1.91. The molecule has 0 spiro atoms. The number of hydrogen-bond donors (Lipinski definition) is 1. The first kappa shape index (κ1) is 19.4. The highest BCUT2D eigenvalue weighted by atomic mass is 79.9. The second-order valence-electron chi connectivity index (χ2n) is 5.84. The van der Waals surface area contributed by atoms with Crippen molar-refractivity contribution in [2.45, 2.75) is 32.4 Å². The quantitative estimate of drug-likeness (QED) is 0.837. The summed E-state index contributed by atoms with van der Waals surface area (Å²) >= 11 is 3.58. The third-order valence-corrected chi connectivity index (χ3v) is 5.20. The Morgan fingerprint density at radius 3 is 2.64 bits per heavy atom. The van der Waals surface area contributed by atoms with Gasteiger partial charge in [-0.25, -0.2) is 0 Å². The van der Waals surface area contributed by atoms with Gasteiger partial charge in [-0.3, -0.25) is 14.6 Å². The Labute approximate surface area is 147 Å². The van der Waals surface area contributed by atoms with Crippen LogP contribution in [0.25, 0.3) is 0 Å². The van der Waals surface area contributed by atoms with Crippen molar-refractivity contribution in [3.05, 3.63) is 33.8 Å². The van der Waals surface area contributed by atoms with Crippen LogP contribution in [0.3, 0.4) is 0 Å². The maximum Gasteiger partial charge on any atom is 0.317 e. The third-order valence-electron chi connectivity index (χ3n) is 4.34. The number of piperidine rings is 1. The lowest BCUT2D eigenvalue weighted by Crippen LogP contribution is -2.44. The first-order valence-corrected chi connectivity index (χ1v) is 8.15. The Bertz CT molecular complexity index is 505. The highest BCUT2D eigenvalue weighted by Gasteiger charge is 2.23. The number of likely N-dealkylation sites (tertiary alicyclic amines) is 1. The summed E-state index contributed by atoms with van der Waals surface area (Å²) in [4.78, 5) is 15.2. The molecule has 0 aliphatic carbocycles. The van der Waals surface area contributed by atoms with E-state index in [9.17, 15) is 4.79 Å². The van der Waals surface area contributed by atoms with Gasteiger partial charge in [0, 0.05) is 17.1 Å². The van der Waals surface area contributed by atoms with E-state index in [0.717, 1.165) is 36.9 Å². The molecule has 2 rings (SSSR count). The van der Waals surface area contributed by atoms with Crippen LogP contribution in [0.15, 0.2) is 22.7 Å². The standard InChI is InChI=1S/C16H23BrN2O2.ClH/c1-12-13(4-3-5-15(12)17)10-19-8-6-14(7-9-19)18(2)11-16(20)21;/h3-5,14H,6-11H2,1-2H3,(H,20,21);1H. The number of carboxylic acid groups (broad SMARTS) is 1. The number of nitrogens with zero attached hydrogens (tertiary/aromatic N) is 2. The van der Waals surface area contributed by atoms with Crippen LogP contribution in [-0.4, -0.2) is 53.6 Å².